The number of nitrogens with zero attached hydrogens (tertiary/aromatic N) is 1. The Balaban J connectivity index is 1.58. The number of halogens is 5. The van der Waals surface area contributed by atoms with E-state index in [4.69, 9.17) is 23.2 Å². The third kappa shape index (κ3) is 7.36. The average molecular weight is 627 g/mol. The summed E-state index contributed by atoms with van der Waals surface area (Å²) in [5, 5.41) is 9.89. The van der Waals surface area contributed by atoms with Crippen LogP contribution in [0.25, 0.3) is 0 Å². The molecule has 0 amide bonds. The van der Waals surface area contributed by atoms with Crippen LogP contribution in [0, 0.1) is 23.7 Å². The number of carbonyl (C=O) groups is 3. The molecule has 228 valence electrons. The van der Waals surface area contributed by atoms with Crippen molar-refractivity contribution in [1.29, 1.82) is 0 Å². The summed E-state index contributed by atoms with van der Waals surface area (Å²) in [5.74, 6) is -3.09. The van der Waals surface area contributed by atoms with Gasteiger partial charge < -0.3 is 5.11 Å². The van der Waals surface area contributed by atoms with Gasteiger partial charge in [0.25, 0.3) is 0 Å². The van der Waals surface area contributed by atoms with Crippen LogP contribution < -0.4 is 0 Å². The third-order valence-corrected chi connectivity index (χ3v) is 9.87. The van der Waals surface area contributed by atoms with Crippen LogP contribution in [0.2, 0.25) is 10.0 Å². The van der Waals surface area contributed by atoms with Crippen LogP contribution in [0.3, 0.4) is 0 Å². The number of aliphatic carboxylic acids is 1. The molecular formula is C32H36Cl2F3NO4. The molecule has 1 unspecified atom stereocenters. The second-order valence-electron chi connectivity index (χ2n) is 12.8. The molecule has 1 N–H and O–H groups in total. The molecule has 5 nitrogen and oxygen atoms in total. The number of carboxylic acids is 1. The van der Waals surface area contributed by atoms with Crippen LogP contribution in [0.5, 0.6) is 0 Å². The highest BCUT2D eigenvalue weighted by Gasteiger charge is 2.42. The summed E-state index contributed by atoms with van der Waals surface area (Å²) in [4.78, 5) is 42.7. The lowest BCUT2D eigenvalue weighted by atomic mass is 9.71. The van der Waals surface area contributed by atoms with Gasteiger partial charge in [-0.3, -0.25) is 19.4 Å². The molecule has 2 saturated carbocycles. The number of ketones is 2. The molecule has 1 aromatic heterocycles. The minimum Gasteiger partial charge on any atom is -0.481 e. The molecule has 2 aliphatic carbocycles. The van der Waals surface area contributed by atoms with Crippen LogP contribution in [-0.4, -0.2) is 27.6 Å². The molecule has 1 aromatic carbocycles. The van der Waals surface area contributed by atoms with E-state index in [-0.39, 0.29) is 51.3 Å². The molecule has 0 spiro atoms. The number of rotatable bonds is 11. The van der Waals surface area contributed by atoms with E-state index in [9.17, 15) is 32.7 Å². The fraction of sp³-hybridized carbons (Fsp3) is 0.562. The Kier molecular flexibility index (Phi) is 9.49. The van der Waals surface area contributed by atoms with E-state index >= 15 is 0 Å². The zero-order chi connectivity index (χ0) is 31.0. The molecule has 2 aromatic rings. The lowest BCUT2D eigenvalue weighted by Gasteiger charge is -2.33. The number of alkyl halides is 3. The number of carbonyl (C=O) groups excluding carboxylic acids is 2. The van der Waals surface area contributed by atoms with Crippen molar-refractivity contribution in [3.8, 4) is 0 Å². The Labute approximate surface area is 254 Å². The molecule has 2 aliphatic rings. The van der Waals surface area contributed by atoms with Gasteiger partial charge >= 0.3 is 12.1 Å². The van der Waals surface area contributed by atoms with Crippen LogP contribution >= 0.6 is 23.2 Å². The standard InChI is InChI=1S/C32H36Cl2F3NO4/c1-18-14-23(33)27(24(34)15-18)26(39)5-4-20(6-9-30(2)12-13-30)28(40)21-17-38-25(16-22(21)32(35,36)37)19-7-10-31(3,11-8-19)29(41)42/h14-17,19-20H,4-13H2,1-3H3,(H,41,42). The van der Waals surface area contributed by atoms with Gasteiger partial charge in [-0.25, -0.2) is 0 Å². The normalized spacial score (nSPS) is 22.4. The second kappa shape index (κ2) is 12.3. The van der Waals surface area contributed by atoms with E-state index in [0.717, 1.165) is 30.7 Å². The SMILES string of the molecule is Cc1cc(Cl)c(C(=O)CCC(CCC2(C)CC2)C(=O)c2cnc(C3CCC(C)(C(=O)O)CC3)cc2C(F)(F)F)c(Cl)c1. The quantitative estimate of drug-likeness (QED) is 0.251. The van der Waals surface area contributed by atoms with E-state index in [2.05, 4.69) is 11.9 Å². The molecular weight excluding hydrogens is 590 g/mol. The Morgan fingerprint density at radius 1 is 1.02 bits per heavy atom. The van der Waals surface area contributed by atoms with E-state index in [1.54, 1.807) is 26.0 Å². The maximum atomic E-state index is 14.3. The predicted molar refractivity (Wildman–Crippen MR) is 155 cm³/mol. The van der Waals surface area contributed by atoms with Gasteiger partial charge in [0.1, 0.15) is 0 Å². The van der Waals surface area contributed by atoms with Gasteiger partial charge in [0.05, 0.1) is 26.6 Å². The molecule has 0 aliphatic heterocycles. The highest BCUT2D eigenvalue weighted by atomic mass is 35.5. The van der Waals surface area contributed by atoms with Crippen molar-refractivity contribution in [2.24, 2.45) is 16.7 Å². The number of hydrogen-bond acceptors (Lipinski definition) is 4. The summed E-state index contributed by atoms with van der Waals surface area (Å²) >= 11 is 12.6. The Morgan fingerprint density at radius 2 is 1.62 bits per heavy atom. The van der Waals surface area contributed by atoms with Gasteiger partial charge in [0.2, 0.25) is 0 Å². The maximum Gasteiger partial charge on any atom is 0.417 e. The fourth-order valence-corrected chi connectivity index (χ4v) is 6.71. The van der Waals surface area contributed by atoms with Crippen LogP contribution in [0.1, 0.15) is 122 Å². The highest BCUT2D eigenvalue weighted by molar-refractivity contribution is 6.40. The van der Waals surface area contributed by atoms with E-state index in [0.29, 0.717) is 38.5 Å². The number of hydrogen-bond donors (Lipinski definition) is 1. The Morgan fingerprint density at radius 3 is 2.14 bits per heavy atom. The molecule has 0 saturated heterocycles. The fourth-order valence-electron chi connectivity index (χ4n) is 5.90. The summed E-state index contributed by atoms with van der Waals surface area (Å²) in [5.41, 5.74) is -1.23. The van der Waals surface area contributed by atoms with E-state index in [1.807, 2.05) is 0 Å². The number of Topliss-reactive ketones (excluding diaryl/α,β-unsaturated/α-hetero) is 2. The average Bonchev–Trinajstić information content (AvgIpc) is 3.64. The number of aromatic nitrogens is 1. The van der Waals surface area contributed by atoms with Gasteiger partial charge in [-0.05, 0) is 101 Å². The van der Waals surface area contributed by atoms with Gasteiger partial charge in [0.15, 0.2) is 11.6 Å². The van der Waals surface area contributed by atoms with Gasteiger partial charge in [0, 0.05) is 35.7 Å². The maximum absolute atomic E-state index is 14.3. The predicted octanol–water partition coefficient (Wildman–Crippen LogP) is 9.51. The van der Waals surface area contributed by atoms with Gasteiger partial charge in [-0.2, -0.15) is 13.2 Å². The van der Waals surface area contributed by atoms with Crippen molar-refractivity contribution in [1.82, 2.24) is 4.98 Å². The van der Waals surface area contributed by atoms with E-state index in [1.165, 1.54) is 0 Å². The zero-order valence-electron chi connectivity index (χ0n) is 24.0. The number of benzene rings is 1. The molecule has 1 atom stereocenters. The van der Waals surface area contributed by atoms with Crippen LogP contribution in [-0.2, 0) is 11.0 Å². The minimum atomic E-state index is -4.79. The topological polar surface area (TPSA) is 84.3 Å². The molecule has 42 heavy (non-hydrogen) atoms. The first kappa shape index (κ1) is 32.5. The van der Waals surface area contributed by atoms with E-state index < -0.39 is 40.4 Å². The summed E-state index contributed by atoms with van der Waals surface area (Å²) in [6.07, 6.45) is 0.668. The first-order chi connectivity index (χ1) is 19.5. The van der Waals surface area contributed by atoms with Crippen LogP contribution in [0.15, 0.2) is 24.4 Å². The lowest BCUT2D eigenvalue weighted by Crippen LogP contribution is -2.32. The Bertz CT molecular complexity index is 1360. The van der Waals surface area contributed by atoms with Crippen LogP contribution in [0.4, 0.5) is 13.2 Å². The zero-order valence-corrected chi connectivity index (χ0v) is 25.6. The summed E-state index contributed by atoms with van der Waals surface area (Å²) in [6.45, 7) is 5.52. The third-order valence-electron chi connectivity index (χ3n) is 9.28. The minimum absolute atomic E-state index is 0.0593. The summed E-state index contributed by atoms with van der Waals surface area (Å²) < 4.78 is 43.0. The van der Waals surface area contributed by atoms with Crippen molar-refractivity contribution in [2.75, 3.05) is 0 Å². The molecule has 1 heterocycles. The monoisotopic (exact) mass is 625 g/mol. The number of pyridine rings is 1. The van der Waals surface area contributed by atoms with Crippen molar-refractivity contribution in [2.45, 2.75) is 97.1 Å². The number of aryl methyl sites for hydroxylation is 1. The first-order valence-electron chi connectivity index (χ1n) is 14.4. The van der Waals surface area contributed by atoms with Gasteiger partial charge in [-0.1, -0.05) is 30.1 Å². The molecule has 2 fully saturated rings. The largest absolute Gasteiger partial charge is 0.481 e. The smallest absolute Gasteiger partial charge is 0.417 e. The van der Waals surface area contributed by atoms with Gasteiger partial charge in [-0.15, -0.1) is 0 Å². The molecule has 0 radical (unpaired) electrons. The molecule has 0 bridgehead atoms. The lowest BCUT2D eigenvalue weighted by molar-refractivity contribution is -0.150. The van der Waals surface area contributed by atoms with Crippen molar-refractivity contribution in [3.05, 3.63) is 62.4 Å². The highest BCUT2D eigenvalue weighted by Crippen LogP contribution is 2.50. The summed E-state index contributed by atoms with van der Waals surface area (Å²) in [6, 6.07) is 4.20. The molecule has 10 heteroatoms. The Hall–Kier alpha value is -2.45. The van der Waals surface area contributed by atoms with Crippen molar-refractivity contribution >= 4 is 40.7 Å². The van der Waals surface area contributed by atoms with Crippen molar-refractivity contribution < 1.29 is 32.7 Å². The molecule has 4 rings (SSSR count). The van der Waals surface area contributed by atoms with Crippen molar-refractivity contribution in [3.63, 3.8) is 0 Å². The summed E-state index contributed by atoms with van der Waals surface area (Å²) in [7, 11) is 0. The second-order valence-corrected chi connectivity index (χ2v) is 13.6. The number of carboxylic acid groups (broad SMARTS) is 1. The first-order valence-corrected chi connectivity index (χ1v) is 15.1.